The molecule has 0 aromatic heterocycles. The summed E-state index contributed by atoms with van der Waals surface area (Å²) < 4.78 is 18.7. The van der Waals surface area contributed by atoms with Gasteiger partial charge in [0.1, 0.15) is 12.0 Å². The zero-order valence-electron chi connectivity index (χ0n) is 10.8. The van der Waals surface area contributed by atoms with Gasteiger partial charge in [-0.15, -0.1) is 0 Å². The van der Waals surface area contributed by atoms with Crippen molar-refractivity contribution in [1.82, 2.24) is 4.90 Å². The van der Waals surface area contributed by atoms with Crippen molar-refractivity contribution in [2.24, 2.45) is 5.92 Å². The van der Waals surface area contributed by atoms with Crippen molar-refractivity contribution in [3.05, 3.63) is 35.6 Å². The quantitative estimate of drug-likeness (QED) is 0.892. The van der Waals surface area contributed by atoms with E-state index in [1.807, 2.05) is 0 Å². The molecule has 2 rings (SSSR count). The van der Waals surface area contributed by atoms with E-state index in [0.29, 0.717) is 5.92 Å². The van der Waals surface area contributed by atoms with E-state index in [2.05, 4.69) is 18.7 Å². The molecule has 100 valence electrons. The molecule has 3 nitrogen and oxygen atoms in total. The van der Waals surface area contributed by atoms with Crippen molar-refractivity contribution in [3.63, 3.8) is 0 Å². The van der Waals surface area contributed by atoms with Gasteiger partial charge in [-0.3, -0.25) is 4.90 Å². The number of benzene rings is 1. The number of ether oxygens (including phenoxy) is 1. The van der Waals surface area contributed by atoms with E-state index in [9.17, 15) is 9.50 Å². The Labute approximate surface area is 107 Å². The lowest BCUT2D eigenvalue weighted by atomic mass is 10.1. The monoisotopic (exact) mass is 253 g/mol. The molecule has 1 aromatic carbocycles. The molecule has 1 heterocycles. The second kappa shape index (κ2) is 5.78. The zero-order valence-corrected chi connectivity index (χ0v) is 10.8. The molecule has 0 saturated carbocycles. The molecule has 4 heteroatoms. The van der Waals surface area contributed by atoms with Crippen molar-refractivity contribution in [1.29, 1.82) is 0 Å². The Morgan fingerprint density at radius 1 is 1.39 bits per heavy atom. The predicted molar refractivity (Wildman–Crippen MR) is 67.5 cm³/mol. The van der Waals surface area contributed by atoms with Gasteiger partial charge < -0.3 is 9.84 Å². The maximum Gasteiger partial charge on any atom is 0.137 e. The molecule has 1 aliphatic heterocycles. The van der Waals surface area contributed by atoms with Crippen LogP contribution < -0.4 is 0 Å². The van der Waals surface area contributed by atoms with Crippen molar-refractivity contribution in [3.8, 4) is 0 Å². The Kier molecular flexibility index (Phi) is 4.32. The maximum atomic E-state index is 12.9. The van der Waals surface area contributed by atoms with E-state index < -0.39 is 0 Å². The van der Waals surface area contributed by atoms with Gasteiger partial charge in [0.2, 0.25) is 0 Å². The predicted octanol–water partition coefficient (Wildman–Crippen LogP) is 2.17. The summed E-state index contributed by atoms with van der Waals surface area (Å²) in [6.45, 7) is 5.93. The summed E-state index contributed by atoms with van der Waals surface area (Å²) >= 11 is 0. The highest BCUT2D eigenvalue weighted by atomic mass is 19.1. The minimum Gasteiger partial charge on any atom is -0.394 e. The summed E-state index contributed by atoms with van der Waals surface area (Å²) in [6, 6.07) is 6.37. The van der Waals surface area contributed by atoms with Gasteiger partial charge in [-0.25, -0.2) is 4.39 Å². The van der Waals surface area contributed by atoms with Crippen LogP contribution >= 0.6 is 0 Å². The maximum absolute atomic E-state index is 12.9. The number of aliphatic hydroxyl groups is 1. The molecule has 2 unspecified atom stereocenters. The number of rotatable bonds is 4. The van der Waals surface area contributed by atoms with Gasteiger partial charge in [-0.2, -0.15) is 0 Å². The molecule has 0 radical (unpaired) electrons. The Morgan fingerprint density at radius 2 is 2.06 bits per heavy atom. The van der Waals surface area contributed by atoms with Crippen molar-refractivity contribution in [2.75, 3.05) is 19.7 Å². The zero-order chi connectivity index (χ0) is 13.1. The number of hydrogen-bond acceptors (Lipinski definition) is 3. The Bertz CT molecular complexity index is 380. The van der Waals surface area contributed by atoms with Gasteiger partial charge in [0, 0.05) is 13.1 Å². The van der Waals surface area contributed by atoms with E-state index >= 15 is 0 Å². The summed E-state index contributed by atoms with van der Waals surface area (Å²) in [5, 5.41) is 9.22. The molecule has 0 bridgehead atoms. The lowest BCUT2D eigenvalue weighted by molar-refractivity contribution is -0.0218. The van der Waals surface area contributed by atoms with Crippen molar-refractivity contribution in [2.45, 2.75) is 26.2 Å². The minimum atomic E-state index is -0.245. The lowest BCUT2D eigenvalue weighted by Gasteiger charge is -2.24. The SMILES string of the molecule is CC(C)CN1CC(CO)OC1c1ccc(F)cc1. The third kappa shape index (κ3) is 3.07. The molecular weight excluding hydrogens is 233 g/mol. The summed E-state index contributed by atoms with van der Waals surface area (Å²) in [5.41, 5.74) is 0.938. The largest absolute Gasteiger partial charge is 0.394 e. The molecule has 2 atom stereocenters. The van der Waals surface area contributed by atoms with Crippen LogP contribution in [-0.4, -0.2) is 35.8 Å². The van der Waals surface area contributed by atoms with Crippen LogP contribution in [0.2, 0.25) is 0 Å². The summed E-state index contributed by atoms with van der Waals surface area (Å²) in [5.74, 6) is 0.278. The lowest BCUT2D eigenvalue weighted by Crippen LogP contribution is -2.29. The number of hydrogen-bond donors (Lipinski definition) is 1. The molecule has 0 aliphatic carbocycles. The van der Waals surface area contributed by atoms with Gasteiger partial charge >= 0.3 is 0 Å². The highest BCUT2D eigenvalue weighted by Gasteiger charge is 2.33. The first kappa shape index (κ1) is 13.5. The molecule has 1 N–H and O–H groups in total. The standard InChI is InChI=1S/C14H20FNO2/c1-10(2)7-16-8-13(9-17)18-14(16)11-3-5-12(15)6-4-11/h3-6,10,13-14,17H,7-9H2,1-2H3. The van der Waals surface area contributed by atoms with Crippen LogP contribution in [0.3, 0.4) is 0 Å². The van der Waals surface area contributed by atoms with Crippen LogP contribution in [0, 0.1) is 11.7 Å². The van der Waals surface area contributed by atoms with E-state index in [1.54, 1.807) is 12.1 Å². The topological polar surface area (TPSA) is 32.7 Å². The van der Waals surface area contributed by atoms with E-state index in [0.717, 1.165) is 18.7 Å². The number of nitrogens with zero attached hydrogens (tertiary/aromatic N) is 1. The van der Waals surface area contributed by atoms with Crippen molar-refractivity contribution < 1.29 is 14.2 Å². The molecule has 0 spiro atoms. The first-order valence-corrected chi connectivity index (χ1v) is 6.36. The van der Waals surface area contributed by atoms with Crippen LogP contribution in [0.25, 0.3) is 0 Å². The van der Waals surface area contributed by atoms with E-state index in [1.165, 1.54) is 12.1 Å². The molecule has 1 aromatic rings. The van der Waals surface area contributed by atoms with Gasteiger partial charge in [0.05, 0.1) is 12.7 Å². The highest BCUT2D eigenvalue weighted by Crippen LogP contribution is 2.30. The van der Waals surface area contributed by atoms with Crippen LogP contribution in [0.5, 0.6) is 0 Å². The Balaban J connectivity index is 2.15. The second-order valence-electron chi connectivity index (χ2n) is 5.19. The third-order valence-electron chi connectivity index (χ3n) is 3.05. The average molecular weight is 253 g/mol. The van der Waals surface area contributed by atoms with Gasteiger partial charge in [-0.1, -0.05) is 26.0 Å². The van der Waals surface area contributed by atoms with Gasteiger partial charge in [-0.05, 0) is 23.6 Å². The fourth-order valence-corrected chi connectivity index (χ4v) is 2.33. The summed E-state index contributed by atoms with van der Waals surface area (Å²) in [6.07, 6.45) is -0.330. The molecule has 1 saturated heterocycles. The first-order valence-electron chi connectivity index (χ1n) is 6.36. The van der Waals surface area contributed by atoms with Crippen LogP contribution in [0.4, 0.5) is 4.39 Å². The second-order valence-corrected chi connectivity index (χ2v) is 5.19. The number of aliphatic hydroxyl groups excluding tert-OH is 1. The van der Waals surface area contributed by atoms with Crippen molar-refractivity contribution >= 4 is 0 Å². The van der Waals surface area contributed by atoms with Crippen LogP contribution in [-0.2, 0) is 4.74 Å². The molecule has 0 amide bonds. The fraction of sp³-hybridized carbons (Fsp3) is 0.571. The Morgan fingerprint density at radius 3 is 2.61 bits per heavy atom. The Hall–Kier alpha value is -0.970. The molecule has 18 heavy (non-hydrogen) atoms. The summed E-state index contributed by atoms with van der Waals surface area (Å²) in [7, 11) is 0. The fourth-order valence-electron chi connectivity index (χ4n) is 2.33. The first-order chi connectivity index (χ1) is 8.60. The minimum absolute atomic E-state index is 0.0201. The van der Waals surface area contributed by atoms with Gasteiger partial charge in [0.15, 0.2) is 0 Å². The highest BCUT2D eigenvalue weighted by molar-refractivity contribution is 5.19. The normalized spacial score (nSPS) is 24.9. The average Bonchev–Trinajstić information content (AvgIpc) is 2.72. The van der Waals surface area contributed by atoms with Crippen LogP contribution in [0.15, 0.2) is 24.3 Å². The summed E-state index contributed by atoms with van der Waals surface area (Å²) in [4.78, 5) is 2.19. The number of halogens is 1. The molecule has 1 fully saturated rings. The van der Waals surface area contributed by atoms with Crippen LogP contribution in [0.1, 0.15) is 25.6 Å². The molecule has 1 aliphatic rings. The third-order valence-corrected chi connectivity index (χ3v) is 3.05. The van der Waals surface area contributed by atoms with E-state index in [4.69, 9.17) is 4.74 Å². The smallest absolute Gasteiger partial charge is 0.137 e. The molecular formula is C14H20FNO2. The van der Waals surface area contributed by atoms with E-state index in [-0.39, 0.29) is 24.8 Å². The van der Waals surface area contributed by atoms with Gasteiger partial charge in [0.25, 0.3) is 0 Å².